The number of alkyl halides is 1. The number of amides is 1. The molecule has 0 saturated carbocycles. The molecule has 6 heteroatoms. The van der Waals surface area contributed by atoms with Crippen LogP contribution >= 0.6 is 31.9 Å². The smallest absolute Gasteiger partial charge is 0.257 e. The zero-order chi connectivity index (χ0) is 13.0. The van der Waals surface area contributed by atoms with Crippen molar-refractivity contribution in [2.45, 2.75) is 19.4 Å². The van der Waals surface area contributed by atoms with Gasteiger partial charge in [0.25, 0.3) is 5.91 Å². The van der Waals surface area contributed by atoms with Crippen molar-refractivity contribution < 1.29 is 13.6 Å². The van der Waals surface area contributed by atoms with E-state index in [1.54, 1.807) is 0 Å². The van der Waals surface area contributed by atoms with E-state index in [1.165, 1.54) is 0 Å². The van der Waals surface area contributed by atoms with Crippen LogP contribution in [0.15, 0.2) is 16.6 Å². The summed E-state index contributed by atoms with van der Waals surface area (Å²) in [5.74, 6) is -2.49. The number of carbonyl (C=O) groups excluding carboxylic acids is 1. The van der Waals surface area contributed by atoms with Gasteiger partial charge in [-0.1, -0.05) is 38.8 Å². The van der Waals surface area contributed by atoms with Gasteiger partial charge in [0.1, 0.15) is 17.2 Å². The van der Waals surface area contributed by atoms with Crippen molar-refractivity contribution in [1.82, 2.24) is 5.32 Å². The Morgan fingerprint density at radius 3 is 2.35 bits per heavy atom. The highest BCUT2D eigenvalue weighted by Crippen LogP contribution is 2.19. The van der Waals surface area contributed by atoms with Crippen LogP contribution < -0.4 is 5.32 Å². The van der Waals surface area contributed by atoms with Gasteiger partial charge in [-0.2, -0.15) is 0 Å². The molecule has 94 valence electrons. The zero-order valence-electron chi connectivity index (χ0n) is 9.07. The molecule has 0 aliphatic rings. The Labute approximate surface area is 115 Å². The van der Waals surface area contributed by atoms with E-state index in [4.69, 9.17) is 0 Å². The maximum absolute atomic E-state index is 13.5. The van der Waals surface area contributed by atoms with E-state index in [2.05, 4.69) is 37.2 Å². The Hall–Kier alpha value is -0.490. The van der Waals surface area contributed by atoms with Gasteiger partial charge >= 0.3 is 0 Å². The number of hydrogen-bond acceptors (Lipinski definition) is 1. The molecule has 0 radical (unpaired) electrons. The third kappa shape index (κ3) is 3.74. The van der Waals surface area contributed by atoms with Crippen LogP contribution in [0.4, 0.5) is 8.78 Å². The van der Waals surface area contributed by atoms with Crippen molar-refractivity contribution in [3.8, 4) is 0 Å². The predicted molar refractivity (Wildman–Crippen MR) is 69.4 cm³/mol. The molecule has 0 bridgehead atoms. The van der Waals surface area contributed by atoms with Crippen LogP contribution in [-0.2, 0) is 0 Å². The third-order valence-corrected chi connectivity index (χ3v) is 3.49. The highest BCUT2D eigenvalue weighted by atomic mass is 79.9. The van der Waals surface area contributed by atoms with Gasteiger partial charge in [-0.25, -0.2) is 8.78 Å². The number of benzene rings is 1. The summed E-state index contributed by atoms with van der Waals surface area (Å²) in [6.07, 6.45) is 0.677. The second kappa shape index (κ2) is 6.44. The first kappa shape index (κ1) is 14.6. The topological polar surface area (TPSA) is 29.1 Å². The highest BCUT2D eigenvalue weighted by molar-refractivity contribution is 9.10. The molecule has 0 aromatic heterocycles. The van der Waals surface area contributed by atoms with Crippen LogP contribution in [0.2, 0.25) is 0 Å². The Balaban J connectivity index is 2.96. The molecule has 1 unspecified atom stereocenters. The fourth-order valence-corrected chi connectivity index (χ4v) is 2.29. The minimum absolute atomic E-state index is 0.148. The van der Waals surface area contributed by atoms with Gasteiger partial charge < -0.3 is 5.32 Å². The van der Waals surface area contributed by atoms with Gasteiger partial charge in [0.2, 0.25) is 0 Å². The van der Waals surface area contributed by atoms with Gasteiger partial charge in [0.15, 0.2) is 0 Å². The summed E-state index contributed by atoms with van der Waals surface area (Å²) < 4.78 is 27.2. The second-order valence-electron chi connectivity index (χ2n) is 3.48. The minimum Gasteiger partial charge on any atom is -0.348 e. The molecular formula is C11H11Br2F2NO. The van der Waals surface area contributed by atoms with E-state index in [1.807, 2.05) is 6.92 Å². The van der Waals surface area contributed by atoms with Crippen molar-refractivity contribution in [2.24, 2.45) is 0 Å². The van der Waals surface area contributed by atoms with Crippen LogP contribution in [0, 0.1) is 11.6 Å². The Morgan fingerprint density at radius 2 is 1.94 bits per heavy atom. The van der Waals surface area contributed by atoms with Crippen LogP contribution in [0.25, 0.3) is 0 Å². The summed E-state index contributed by atoms with van der Waals surface area (Å²) in [6.45, 7) is 1.88. The van der Waals surface area contributed by atoms with Gasteiger partial charge in [-0.15, -0.1) is 0 Å². The van der Waals surface area contributed by atoms with Crippen LogP contribution in [0.3, 0.4) is 0 Å². The summed E-state index contributed by atoms with van der Waals surface area (Å²) in [4.78, 5) is 11.7. The van der Waals surface area contributed by atoms with E-state index in [0.717, 1.165) is 12.1 Å². The van der Waals surface area contributed by atoms with E-state index >= 15 is 0 Å². The number of halogens is 4. The zero-order valence-corrected chi connectivity index (χ0v) is 12.2. The minimum atomic E-state index is -0.876. The van der Waals surface area contributed by atoms with Crippen molar-refractivity contribution in [1.29, 1.82) is 0 Å². The SMILES string of the molecule is CCC(CBr)NC(=O)c1c(F)cc(Br)cc1F. The molecule has 0 heterocycles. The molecular weight excluding hydrogens is 360 g/mol. The summed E-state index contributed by atoms with van der Waals surface area (Å²) in [6, 6.07) is 1.98. The van der Waals surface area contributed by atoms with E-state index in [0.29, 0.717) is 11.8 Å². The summed E-state index contributed by atoms with van der Waals surface area (Å²) in [5, 5.41) is 3.09. The highest BCUT2D eigenvalue weighted by Gasteiger charge is 2.20. The molecule has 17 heavy (non-hydrogen) atoms. The molecule has 2 nitrogen and oxygen atoms in total. The van der Waals surface area contributed by atoms with Crippen LogP contribution in [0.5, 0.6) is 0 Å². The van der Waals surface area contributed by atoms with E-state index < -0.39 is 23.1 Å². The first-order valence-corrected chi connectivity index (χ1v) is 6.92. The Kier molecular flexibility index (Phi) is 5.52. The molecule has 0 aliphatic heterocycles. The molecule has 1 atom stereocenters. The van der Waals surface area contributed by atoms with Gasteiger partial charge in [-0.3, -0.25) is 4.79 Å². The average Bonchev–Trinajstić information content (AvgIpc) is 2.24. The molecule has 0 aliphatic carbocycles. The quantitative estimate of drug-likeness (QED) is 0.805. The Morgan fingerprint density at radius 1 is 1.41 bits per heavy atom. The lowest BCUT2D eigenvalue weighted by atomic mass is 10.1. The molecule has 1 aromatic rings. The number of rotatable bonds is 4. The lowest BCUT2D eigenvalue weighted by Gasteiger charge is -2.14. The van der Waals surface area contributed by atoms with Crippen molar-refractivity contribution in [3.05, 3.63) is 33.8 Å². The monoisotopic (exact) mass is 369 g/mol. The summed E-state index contributed by atoms with van der Waals surface area (Å²) in [7, 11) is 0. The maximum atomic E-state index is 13.5. The van der Waals surface area contributed by atoms with Crippen molar-refractivity contribution in [3.63, 3.8) is 0 Å². The first-order valence-electron chi connectivity index (χ1n) is 5.01. The fourth-order valence-electron chi connectivity index (χ4n) is 1.27. The standard InChI is InChI=1S/C11H11Br2F2NO/c1-2-7(5-12)16-11(17)10-8(14)3-6(13)4-9(10)15/h3-4,7H,2,5H2,1H3,(H,16,17). The predicted octanol–water partition coefficient (Wildman–Crippen LogP) is 3.63. The molecule has 0 fully saturated rings. The number of carbonyl (C=O) groups is 1. The van der Waals surface area contributed by atoms with Crippen molar-refractivity contribution >= 4 is 37.8 Å². The van der Waals surface area contributed by atoms with E-state index in [-0.39, 0.29) is 10.5 Å². The molecule has 1 N–H and O–H groups in total. The lowest BCUT2D eigenvalue weighted by molar-refractivity contribution is 0.0931. The van der Waals surface area contributed by atoms with Gasteiger partial charge in [0, 0.05) is 15.8 Å². The average molecular weight is 371 g/mol. The lowest BCUT2D eigenvalue weighted by Crippen LogP contribution is -2.36. The maximum Gasteiger partial charge on any atom is 0.257 e. The molecule has 0 saturated heterocycles. The van der Waals surface area contributed by atoms with Crippen LogP contribution in [0.1, 0.15) is 23.7 Å². The second-order valence-corrected chi connectivity index (χ2v) is 5.04. The summed E-state index contributed by atoms with van der Waals surface area (Å²) in [5.41, 5.74) is -0.549. The first-order chi connectivity index (χ1) is 7.99. The van der Waals surface area contributed by atoms with Crippen LogP contribution in [-0.4, -0.2) is 17.3 Å². The normalized spacial score (nSPS) is 12.3. The molecule has 0 spiro atoms. The number of hydrogen-bond donors (Lipinski definition) is 1. The Bertz CT molecular complexity index is 399. The third-order valence-electron chi connectivity index (χ3n) is 2.25. The molecule has 1 rings (SSSR count). The van der Waals surface area contributed by atoms with Gasteiger partial charge in [-0.05, 0) is 18.6 Å². The largest absolute Gasteiger partial charge is 0.348 e. The molecule has 1 aromatic carbocycles. The van der Waals surface area contributed by atoms with E-state index in [9.17, 15) is 13.6 Å². The number of nitrogens with one attached hydrogen (secondary N) is 1. The fraction of sp³-hybridized carbons (Fsp3) is 0.364. The van der Waals surface area contributed by atoms with Gasteiger partial charge in [0.05, 0.1) is 0 Å². The van der Waals surface area contributed by atoms with Crippen molar-refractivity contribution in [2.75, 3.05) is 5.33 Å². The summed E-state index contributed by atoms with van der Waals surface area (Å²) >= 11 is 6.17. The molecule has 1 amide bonds.